The van der Waals surface area contributed by atoms with Gasteiger partial charge in [0.15, 0.2) is 0 Å². The van der Waals surface area contributed by atoms with E-state index in [0.717, 1.165) is 37.1 Å². The van der Waals surface area contributed by atoms with Crippen LogP contribution in [0.5, 0.6) is 0 Å². The topological polar surface area (TPSA) is 70.2 Å². The van der Waals surface area contributed by atoms with Crippen molar-refractivity contribution >= 4 is 17.5 Å². The van der Waals surface area contributed by atoms with Crippen LogP contribution in [0.3, 0.4) is 0 Å². The highest BCUT2D eigenvalue weighted by Crippen LogP contribution is 2.18. The molecule has 1 unspecified atom stereocenters. The first-order chi connectivity index (χ1) is 10.1. The summed E-state index contributed by atoms with van der Waals surface area (Å²) < 4.78 is 0. The predicted molar refractivity (Wildman–Crippen MR) is 83.5 cm³/mol. The summed E-state index contributed by atoms with van der Waals surface area (Å²) in [7, 11) is 0. The first kappa shape index (κ1) is 15.5. The Morgan fingerprint density at radius 3 is 2.76 bits per heavy atom. The predicted octanol–water partition coefficient (Wildman–Crippen LogP) is 1.83. The second kappa shape index (κ2) is 7.22. The number of carbonyl (C=O) groups excluding carboxylic acids is 2. The summed E-state index contributed by atoms with van der Waals surface area (Å²) in [4.78, 5) is 24.0. The zero-order valence-corrected chi connectivity index (χ0v) is 12.7. The molecule has 5 nitrogen and oxygen atoms in total. The molecule has 1 aromatic carbocycles. The van der Waals surface area contributed by atoms with Crippen molar-refractivity contribution < 1.29 is 9.59 Å². The number of piperidine rings is 1. The number of rotatable bonds is 4. The van der Waals surface area contributed by atoms with Crippen molar-refractivity contribution in [2.24, 2.45) is 0 Å². The molecule has 0 saturated carbocycles. The van der Waals surface area contributed by atoms with Crippen molar-refractivity contribution in [3.63, 3.8) is 0 Å². The molecule has 114 valence electrons. The molecule has 1 heterocycles. The molecule has 21 heavy (non-hydrogen) atoms. The lowest BCUT2D eigenvalue weighted by molar-refractivity contribution is -0.118. The summed E-state index contributed by atoms with van der Waals surface area (Å²) in [6, 6.07) is 5.22. The first-order valence-corrected chi connectivity index (χ1v) is 7.55. The number of aryl methyl sites for hydroxylation is 1. The van der Waals surface area contributed by atoms with Gasteiger partial charge >= 0.3 is 0 Å². The number of hydrogen-bond donors (Lipinski definition) is 3. The molecule has 1 aromatic rings. The van der Waals surface area contributed by atoms with Gasteiger partial charge in [0.1, 0.15) is 0 Å². The van der Waals surface area contributed by atoms with E-state index in [-0.39, 0.29) is 17.9 Å². The number of nitrogens with one attached hydrogen (secondary N) is 3. The monoisotopic (exact) mass is 289 g/mol. The highest BCUT2D eigenvalue weighted by Gasteiger charge is 2.21. The second-order valence-corrected chi connectivity index (χ2v) is 5.38. The van der Waals surface area contributed by atoms with Gasteiger partial charge in [0.05, 0.1) is 6.04 Å². The average molecular weight is 289 g/mol. The molecular weight excluding hydrogens is 266 g/mol. The van der Waals surface area contributed by atoms with Crippen molar-refractivity contribution in [2.75, 3.05) is 18.4 Å². The summed E-state index contributed by atoms with van der Waals surface area (Å²) in [6.45, 7) is 5.28. The van der Waals surface area contributed by atoms with Gasteiger partial charge in [-0.05, 0) is 57.0 Å². The number of amides is 2. The first-order valence-electron chi connectivity index (χ1n) is 7.55. The van der Waals surface area contributed by atoms with E-state index in [4.69, 9.17) is 0 Å². The molecule has 1 aliphatic heterocycles. The van der Waals surface area contributed by atoms with Crippen LogP contribution >= 0.6 is 0 Å². The van der Waals surface area contributed by atoms with Gasteiger partial charge in [0, 0.05) is 17.8 Å². The Bertz CT molecular complexity index is 522. The Kier molecular flexibility index (Phi) is 5.33. The lowest BCUT2D eigenvalue weighted by atomic mass is 10.0. The van der Waals surface area contributed by atoms with E-state index in [1.165, 1.54) is 0 Å². The number of anilines is 1. The van der Waals surface area contributed by atoms with E-state index in [9.17, 15) is 9.59 Å². The van der Waals surface area contributed by atoms with E-state index in [1.54, 1.807) is 18.2 Å². The summed E-state index contributed by atoms with van der Waals surface area (Å²) >= 11 is 0. The zero-order chi connectivity index (χ0) is 15.2. The van der Waals surface area contributed by atoms with Crippen molar-refractivity contribution in [3.05, 3.63) is 29.3 Å². The lowest BCUT2D eigenvalue weighted by Crippen LogP contribution is -2.43. The van der Waals surface area contributed by atoms with Crippen LogP contribution in [-0.4, -0.2) is 30.9 Å². The quantitative estimate of drug-likeness (QED) is 0.792. The third-order valence-electron chi connectivity index (χ3n) is 3.71. The molecule has 1 saturated heterocycles. The van der Waals surface area contributed by atoms with E-state index < -0.39 is 0 Å². The van der Waals surface area contributed by atoms with E-state index in [1.807, 2.05) is 13.8 Å². The maximum Gasteiger partial charge on any atom is 0.251 e. The Morgan fingerprint density at radius 2 is 2.14 bits per heavy atom. The normalized spacial score (nSPS) is 18.1. The summed E-state index contributed by atoms with van der Waals surface area (Å²) in [5.74, 6) is -0.0871. The van der Waals surface area contributed by atoms with Gasteiger partial charge in [-0.3, -0.25) is 9.59 Å². The van der Waals surface area contributed by atoms with Crippen LogP contribution in [-0.2, 0) is 4.79 Å². The Hall–Kier alpha value is -1.88. The molecule has 0 bridgehead atoms. The van der Waals surface area contributed by atoms with Crippen molar-refractivity contribution in [1.29, 1.82) is 0 Å². The third-order valence-corrected chi connectivity index (χ3v) is 3.71. The molecule has 2 rings (SSSR count). The molecule has 2 amide bonds. The third kappa shape index (κ3) is 4.04. The van der Waals surface area contributed by atoms with Gasteiger partial charge in [-0.15, -0.1) is 0 Å². The SMILES string of the molecule is CCNC(=O)c1ccc(NC(=O)C2CCCCN2)c(C)c1. The highest BCUT2D eigenvalue weighted by atomic mass is 16.2. The molecular formula is C16H23N3O2. The summed E-state index contributed by atoms with van der Waals surface area (Å²) in [5, 5.41) is 8.94. The van der Waals surface area contributed by atoms with Crippen LogP contribution in [0, 0.1) is 6.92 Å². The van der Waals surface area contributed by atoms with Crippen LogP contribution in [0.1, 0.15) is 42.1 Å². The second-order valence-electron chi connectivity index (χ2n) is 5.38. The van der Waals surface area contributed by atoms with Crippen molar-refractivity contribution in [3.8, 4) is 0 Å². The van der Waals surface area contributed by atoms with Crippen LogP contribution in [0.15, 0.2) is 18.2 Å². The maximum absolute atomic E-state index is 12.2. The number of carbonyl (C=O) groups is 2. The molecule has 0 aromatic heterocycles. The van der Waals surface area contributed by atoms with E-state index >= 15 is 0 Å². The molecule has 1 fully saturated rings. The summed E-state index contributed by atoms with van der Waals surface area (Å²) in [6.07, 6.45) is 3.09. The van der Waals surface area contributed by atoms with E-state index in [0.29, 0.717) is 12.1 Å². The van der Waals surface area contributed by atoms with Crippen LogP contribution in [0.2, 0.25) is 0 Å². The Labute approximate surface area is 125 Å². The standard InChI is InChI=1S/C16H23N3O2/c1-3-17-15(20)12-7-8-13(11(2)10-12)19-16(21)14-6-4-5-9-18-14/h7-8,10,14,18H,3-6,9H2,1-2H3,(H,17,20)(H,19,21). The van der Waals surface area contributed by atoms with Crippen LogP contribution in [0.4, 0.5) is 5.69 Å². The van der Waals surface area contributed by atoms with Crippen LogP contribution in [0.25, 0.3) is 0 Å². The van der Waals surface area contributed by atoms with Gasteiger partial charge in [0.25, 0.3) is 5.91 Å². The van der Waals surface area contributed by atoms with Gasteiger partial charge < -0.3 is 16.0 Å². The van der Waals surface area contributed by atoms with Crippen molar-refractivity contribution in [2.45, 2.75) is 39.2 Å². The van der Waals surface area contributed by atoms with Gasteiger partial charge in [0.2, 0.25) is 5.91 Å². The highest BCUT2D eigenvalue weighted by molar-refractivity contribution is 5.98. The molecule has 1 aliphatic rings. The smallest absolute Gasteiger partial charge is 0.251 e. The number of benzene rings is 1. The average Bonchev–Trinajstić information content (AvgIpc) is 2.50. The molecule has 0 radical (unpaired) electrons. The van der Waals surface area contributed by atoms with Crippen LogP contribution < -0.4 is 16.0 Å². The number of hydrogen-bond acceptors (Lipinski definition) is 3. The maximum atomic E-state index is 12.2. The fourth-order valence-corrected chi connectivity index (χ4v) is 2.50. The fraction of sp³-hybridized carbons (Fsp3) is 0.500. The molecule has 1 atom stereocenters. The molecule has 0 spiro atoms. The summed E-state index contributed by atoms with van der Waals surface area (Å²) in [5.41, 5.74) is 2.27. The molecule has 5 heteroatoms. The lowest BCUT2D eigenvalue weighted by Gasteiger charge is -2.23. The zero-order valence-electron chi connectivity index (χ0n) is 12.7. The minimum absolute atomic E-state index is 0.00330. The Morgan fingerprint density at radius 1 is 1.33 bits per heavy atom. The van der Waals surface area contributed by atoms with Crippen molar-refractivity contribution in [1.82, 2.24) is 10.6 Å². The van der Waals surface area contributed by atoms with Gasteiger partial charge in [-0.2, -0.15) is 0 Å². The molecule has 0 aliphatic carbocycles. The van der Waals surface area contributed by atoms with E-state index in [2.05, 4.69) is 16.0 Å². The largest absolute Gasteiger partial charge is 0.352 e. The Balaban J connectivity index is 2.03. The minimum Gasteiger partial charge on any atom is -0.352 e. The minimum atomic E-state index is -0.110. The van der Waals surface area contributed by atoms with Gasteiger partial charge in [-0.25, -0.2) is 0 Å². The van der Waals surface area contributed by atoms with Gasteiger partial charge in [-0.1, -0.05) is 6.42 Å². The fourth-order valence-electron chi connectivity index (χ4n) is 2.50. The molecule has 3 N–H and O–H groups in total.